The Morgan fingerprint density at radius 3 is 2.00 bits per heavy atom. The predicted molar refractivity (Wildman–Crippen MR) is 95.4 cm³/mol. The topological polar surface area (TPSA) is 44.8 Å². The lowest BCUT2D eigenvalue weighted by Crippen LogP contribution is -1.97. The van der Waals surface area contributed by atoms with Crippen LogP contribution in [-0.4, -0.2) is 27.1 Å². The molecular weight excluding hydrogens is 304 g/mol. The highest BCUT2D eigenvalue weighted by atomic mass is 16.5. The summed E-state index contributed by atoms with van der Waals surface area (Å²) in [5.74, 6) is 1.58. The summed E-state index contributed by atoms with van der Waals surface area (Å²) in [6.07, 6.45) is 3.28. The molecule has 0 amide bonds. The first-order valence-electron chi connectivity index (χ1n) is 7.59. The molecule has 0 N–H and O–H groups in total. The monoisotopic (exact) mass is 326 g/mol. The molecule has 0 fully saturated rings. The summed E-state index contributed by atoms with van der Waals surface area (Å²) in [6, 6.07) is 9.29. The molecule has 2 aromatic carbocycles. The van der Waals surface area contributed by atoms with E-state index in [1.165, 1.54) is 5.56 Å². The highest BCUT2D eigenvalue weighted by Crippen LogP contribution is 2.38. The Bertz CT molecular complexity index is 750. The fraction of sp³-hybridized carbons (Fsp3) is 0.250. The van der Waals surface area contributed by atoms with Crippen LogP contribution in [0.5, 0.6) is 17.2 Å². The second-order valence-corrected chi connectivity index (χ2v) is 5.46. The number of carbonyl (C=O) groups excluding carboxylic acids is 1. The highest BCUT2D eigenvalue weighted by molar-refractivity contribution is 6.07. The van der Waals surface area contributed by atoms with Gasteiger partial charge in [-0.3, -0.25) is 4.79 Å². The fourth-order valence-corrected chi connectivity index (χ4v) is 2.36. The highest BCUT2D eigenvalue weighted by Gasteiger charge is 2.12. The largest absolute Gasteiger partial charge is 0.493 e. The van der Waals surface area contributed by atoms with Crippen molar-refractivity contribution in [2.24, 2.45) is 0 Å². The summed E-state index contributed by atoms with van der Waals surface area (Å²) in [4.78, 5) is 12.3. The molecule has 0 atom stereocenters. The first-order valence-corrected chi connectivity index (χ1v) is 7.59. The van der Waals surface area contributed by atoms with Crippen molar-refractivity contribution in [2.75, 3.05) is 21.3 Å². The average Bonchev–Trinajstić information content (AvgIpc) is 2.60. The van der Waals surface area contributed by atoms with Crippen molar-refractivity contribution < 1.29 is 19.0 Å². The molecule has 0 spiro atoms. The fourth-order valence-electron chi connectivity index (χ4n) is 2.36. The van der Waals surface area contributed by atoms with E-state index >= 15 is 0 Å². The van der Waals surface area contributed by atoms with Gasteiger partial charge in [-0.15, -0.1) is 0 Å². The summed E-state index contributed by atoms with van der Waals surface area (Å²) < 4.78 is 15.9. The average molecular weight is 326 g/mol. The second-order valence-electron chi connectivity index (χ2n) is 5.46. The molecule has 2 rings (SSSR count). The van der Waals surface area contributed by atoms with E-state index in [9.17, 15) is 4.79 Å². The molecule has 24 heavy (non-hydrogen) atoms. The smallest absolute Gasteiger partial charge is 0.203 e. The van der Waals surface area contributed by atoms with E-state index < -0.39 is 0 Å². The Morgan fingerprint density at radius 2 is 1.50 bits per heavy atom. The number of ether oxygens (including phenoxy) is 3. The number of carbonyl (C=O) groups is 1. The van der Waals surface area contributed by atoms with Gasteiger partial charge in [-0.2, -0.15) is 0 Å². The molecule has 0 saturated heterocycles. The van der Waals surface area contributed by atoms with Crippen molar-refractivity contribution in [2.45, 2.75) is 13.8 Å². The molecule has 0 radical (unpaired) electrons. The third-order valence-corrected chi connectivity index (χ3v) is 3.91. The number of aryl methyl sites for hydroxylation is 2. The third kappa shape index (κ3) is 3.77. The first-order chi connectivity index (χ1) is 11.5. The van der Waals surface area contributed by atoms with E-state index in [0.717, 1.165) is 11.1 Å². The molecule has 4 nitrogen and oxygen atoms in total. The second kappa shape index (κ2) is 7.68. The predicted octanol–water partition coefficient (Wildman–Crippen LogP) is 4.23. The molecule has 0 aliphatic rings. The molecule has 0 aliphatic heterocycles. The molecule has 0 bridgehead atoms. The van der Waals surface area contributed by atoms with Gasteiger partial charge in [0.05, 0.1) is 21.3 Å². The lowest BCUT2D eigenvalue weighted by atomic mass is 10.0. The van der Waals surface area contributed by atoms with Crippen LogP contribution in [0.15, 0.2) is 36.4 Å². The van der Waals surface area contributed by atoms with Gasteiger partial charge in [-0.05, 0) is 54.8 Å². The Labute approximate surface area is 142 Å². The first kappa shape index (κ1) is 17.6. The maximum absolute atomic E-state index is 12.3. The van der Waals surface area contributed by atoms with Crippen LogP contribution in [0.25, 0.3) is 6.08 Å². The Kier molecular flexibility index (Phi) is 5.64. The zero-order chi connectivity index (χ0) is 17.7. The number of allylic oxidation sites excluding steroid dienone is 1. The summed E-state index contributed by atoms with van der Waals surface area (Å²) in [5.41, 5.74) is 3.73. The summed E-state index contributed by atoms with van der Waals surface area (Å²) in [6.45, 7) is 4.02. The van der Waals surface area contributed by atoms with Crippen molar-refractivity contribution in [1.29, 1.82) is 0 Å². The summed E-state index contributed by atoms with van der Waals surface area (Å²) in [5, 5.41) is 0. The van der Waals surface area contributed by atoms with Crippen molar-refractivity contribution in [3.8, 4) is 17.2 Å². The van der Waals surface area contributed by atoms with Gasteiger partial charge in [0.2, 0.25) is 5.75 Å². The Morgan fingerprint density at radius 1 is 0.875 bits per heavy atom. The standard InChI is InChI=1S/C20H22O4/c1-13-6-8-16(10-14(13)2)17(21)9-7-15-11-18(22-3)20(24-5)19(12-15)23-4/h6-12H,1-5H3/b9-7+. The number of methoxy groups -OCH3 is 3. The van der Waals surface area contributed by atoms with E-state index in [-0.39, 0.29) is 5.78 Å². The number of ketones is 1. The minimum atomic E-state index is -0.0492. The van der Waals surface area contributed by atoms with Crippen molar-refractivity contribution in [1.82, 2.24) is 0 Å². The molecule has 0 aliphatic carbocycles. The molecule has 0 heterocycles. The maximum Gasteiger partial charge on any atom is 0.203 e. The SMILES string of the molecule is COc1cc(/C=C/C(=O)c2ccc(C)c(C)c2)cc(OC)c1OC. The van der Waals surface area contributed by atoms with Gasteiger partial charge in [0.25, 0.3) is 0 Å². The molecule has 0 aromatic heterocycles. The quantitative estimate of drug-likeness (QED) is 0.589. The lowest BCUT2D eigenvalue weighted by Gasteiger charge is -2.12. The van der Waals surface area contributed by atoms with Crippen LogP contribution in [-0.2, 0) is 0 Å². The number of rotatable bonds is 6. The molecule has 126 valence electrons. The number of benzene rings is 2. The van der Waals surface area contributed by atoms with Crippen LogP contribution in [0, 0.1) is 13.8 Å². The van der Waals surface area contributed by atoms with Crippen LogP contribution in [0.1, 0.15) is 27.0 Å². The number of hydrogen-bond acceptors (Lipinski definition) is 4. The van der Waals surface area contributed by atoms with Crippen LogP contribution in [0.3, 0.4) is 0 Å². The van der Waals surface area contributed by atoms with Gasteiger partial charge < -0.3 is 14.2 Å². The zero-order valence-electron chi connectivity index (χ0n) is 14.7. The molecule has 0 unspecified atom stereocenters. The lowest BCUT2D eigenvalue weighted by molar-refractivity contribution is 0.104. The van der Waals surface area contributed by atoms with Gasteiger partial charge in [-0.25, -0.2) is 0 Å². The van der Waals surface area contributed by atoms with Gasteiger partial charge >= 0.3 is 0 Å². The van der Waals surface area contributed by atoms with Gasteiger partial charge in [-0.1, -0.05) is 18.2 Å². The van der Waals surface area contributed by atoms with Gasteiger partial charge in [0.1, 0.15) is 0 Å². The summed E-state index contributed by atoms with van der Waals surface area (Å²) >= 11 is 0. The Hall–Kier alpha value is -2.75. The zero-order valence-corrected chi connectivity index (χ0v) is 14.7. The Balaban J connectivity index is 2.30. The van der Waals surface area contributed by atoms with Gasteiger partial charge in [0.15, 0.2) is 17.3 Å². The molecule has 4 heteroatoms. The van der Waals surface area contributed by atoms with E-state index in [1.54, 1.807) is 45.6 Å². The molecule has 2 aromatic rings. The minimum absolute atomic E-state index is 0.0492. The van der Waals surface area contributed by atoms with Crippen LogP contribution in [0.4, 0.5) is 0 Å². The van der Waals surface area contributed by atoms with Crippen LogP contribution in [0.2, 0.25) is 0 Å². The van der Waals surface area contributed by atoms with E-state index in [0.29, 0.717) is 22.8 Å². The normalized spacial score (nSPS) is 10.7. The maximum atomic E-state index is 12.3. The van der Waals surface area contributed by atoms with Crippen LogP contribution >= 0.6 is 0 Å². The van der Waals surface area contributed by atoms with E-state index in [1.807, 2.05) is 32.0 Å². The van der Waals surface area contributed by atoms with Crippen molar-refractivity contribution in [3.63, 3.8) is 0 Å². The van der Waals surface area contributed by atoms with Crippen molar-refractivity contribution >= 4 is 11.9 Å². The molecular formula is C20H22O4. The number of hydrogen-bond donors (Lipinski definition) is 0. The van der Waals surface area contributed by atoms with E-state index in [2.05, 4.69) is 0 Å². The third-order valence-electron chi connectivity index (χ3n) is 3.91. The minimum Gasteiger partial charge on any atom is -0.493 e. The summed E-state index contributed by atoms with van der Waals surface area (Å²) in [7, 11) is 4.68. The van der Waals surface area contributed by atoms with Crippen LogP contribution < -0.4 is 14.2 Å². The van der Waals surface area contributed by atoms with E-state index in [4.69, 9.17) is 14.2 Å². The van der Waals surface area contributed by atoms with Crippen molar-refractivity contribution in [3.05, 3.63) is 58.7 Å². The molecule has 0 saturated carbocycles. The van der Waals surface area contributed by atoms with Gasteiger partial charge in [0, 0.05) is 5.56 Å².